The monoisotopic (exact) mass is 355 g/mol. The van der Waals surface area contributed by atoms with Crippen LogP contribution < -0.4 is 5.32 Å². The zero-order valence-corrected chi connectivity index (χ0v) is 15.4. The molecule has 1 aromatic heterocycles. The van der Waals surface area contributed by atoms with Crippen LogP contribution in [0.15, 0.2) is 78.0 Å². The Morgan fingerprint density at radius 1 is 0.889 bits per heavy atom. The smallest absolute Gasteiger partial charge is 0.159 e. The predicted molar refractivity (Wildman–Crippen MR) is 107 cm³/mol. The molecule has 2 atom stereocenters. The van der Waals surface area contributed by atoms with Crippen molar-refractivity contribution in [2.24, 2.45) is 4.99 Å². The molecule has 0 saturated carbocycles. The number of nitrogens with one attached hydrogen (secondary N) is 1. The average Bonchev–Trinajstić information content (AvgIpc) is 3.15. The minimum Gasteiger partial charge on any atom is -0.295 e. The molecule has 27 heavy (non-hydrogen) atoms. The summed E-state index contributed by atoms with van der Waals surface area (Å²) < 4.78 is 0. The second-order valence-corrected chi connectivity index (χ2v) is 6.84. The molecule has 2 heterocycles. The van der Waals surface area contributed by atoms with Gasteiger partial charge in [0.25, 0.3) is 0 Å². The number of hydrogen-bond acceptors (Lipinski definition) is 4. The number of aliphatic imine (C=N–C) groups is 1. The fraction of sp³-hybridized carbons (Fsp3) is 0.174. The first-order chi connectivity index (χ1) is 13.1. The third-order valence-corrected chi connectivity index (χ3v) is 4.89. The normalized spacial score (nSPS) is 19.0. The van der Waals surface area contributed by atoms with Crippen LogP contribution in [-0.2, 0) is 0 Å². The van der Waals surface area contributed by atoms with Crippen LogP contribution in [0.5, 0.6) is 0 Å². The standard InChI is InChI=1S/C23H21N3O/c1-15-3-5-18(6-4-15)21-22(19-11-13-24-14-12-19)26-23(25-21)20-9-7-17(8-10-20)16(2)27/h3-14,22-23,26H,1-2H3. The van der Waals surface area contributed by atoms with Gasteiger partial charge in [-0.1, -0.05) is 54.1 Å². The Kier molecular flexibility index (Phi) is 4.65. The van der Waals surface area contributed by atoms with Gasteiger partial charge in [-0.15, -0.1) is 0 Å². The van der Waals surface area contributed by atoms with E-state index in [0.29, 0.717) is 5.56 Å². The van der Waals surface area contributed by atoms with Gasteiger partial charge in [-0.05, 0) is 42.7 Å². The van der Waals surface area contributed by atoms with Crippen molar-refractivity contribution in [3.8, 4) is 0 Å². The van der Waals surface area contributed by atoms with Crippen LogP contribution in [0.2, 0.25) is 0 Å². The summed E-state index contributed by atoms with van der Waals surface area (Å²) in [5.41, 5.74) is 6.24. The highest BCUT2D eigenvalue weighted by molar-refractivity contribution is 6.06. The molecule has 0 bridgehead atoms. The number of nitrogens with zero attached hydrogens (tertiary/aromatic N) is 2. The fourth-order valence-corrected chi connectivity index (χ4v) is 3.33. The molecule has 1 aliphatic rings. The number of Topliss-reactive ketones (excluding diaryl/α,β-unsaturated/α-hetero) is 1. The first kappa shape index (κ1) is 17.3. The van der Waals surface area contributed by atoms with Crippen LogP contribution in [0.25, 0.3) is 0 Å². The van der Waals surface area contributed by atoms with Gasteiger partial charge in [0.05, 0.1) is 11.8 Å². The highest BCUT2D eigenvalue weighted by atomic mass is 16.1. The van der Waals surface area contributed by atoms with E-state index in [-0.39, 0.29) is 18.0 Å². The van der Waals surface area contributed by atoms with Crippen LogP contribution >= 0.6 is 0 Å². The average molecular weight is 355 g/mol. The number of aromatic nitrogens is 1. The number of carbonyl (C=O) groups excluding carboxylic acids is 1. The van der Waals surface area contributed by atoms with Crippen LogP contribution in [-0.4, -0.2) is 16.5 Å². The Morgan fingerprint density at radius 2 is 1.56 bits per heavy atom. The van der Waals surface area contributed by atoms with Gasteiger partial charge in [0.15, 0.2) is 5.78 Å². The maximum Gasteiger partial charge on any atom is 0.159 e. The van der Waals surface area contributed by atoms with Crippen LogP contribution in [0.3, 0.4) is 0 Å². The molecule has 3 aromatic rings. The maximum absolute atomic E-state index is 11.5. The number of hydrogen-bond donors (Lipinski definition) is 1. The summed E-state index contributed by atoms with van der Waals surface area (Å²) >= 11 is 0. The number of pyridine rings is 1. The molecule has 1 N–H and O–H groups in total. The second-order valence-electron chi connectivity index (χ2n) is 6.84. The summed E-state index contributed by atoms with van der Waals surface area (Å²) in [7, 11) is 0. The Balaban J connectivity index is 1.72. The fourth-order valence-electron chi connectivity index (χ4n) is 3.33. The molecule has 1 aliphatic heterocycles. The maximum atomic E-state index is 11.5. The molecule has 0 radical (unpaired) electrons. The quantitative estimate of drug-likeness (QED) is 0.705. The van der Waals surface area contributed by atoms with Gasteiger partial charge in [0.1, 0.15) is 6.17 Å². The summed E-state index contributed by atoms with van der Waals surface area (Å²) in [4.78, 5) is 20.7. The van der Waals surface area contributed by atoms with E-state index in [9.17, 15) is 4.79 Å². The Morgan fingerprint density at radius 3 is 2.19 bits per heavy atom. The molecule has 0 spiro atoms. The molecule has 0 fully saturated rings. The van der Waals surface area contributed by atoms with Gasteiger partial charge in [0, 0.05) is 18.0 Å². The number of benzene rings is 2. The Hall–Kier alpha value is -3.11. The van der Waals surface area contributed by atoms with E-state index < -0.39 is 0 Å². The molecule has 0 amide bonds. The van der Waals surface area contributed by atoms with Gasteiger partial charge in [0.2, 0.25) is 0 Å². The summed E-state index contributed by atoms with van der Waals surface area (Å²) in [5, 5.41) is 3.62. The molecule has 4 heteroatoms. The molecule has 2 unspecified atom stereocenters. The van der Waals surface area contributed by atoms with Crippen molar-refractivity contribution in [1.29, 1.82) is 0 Å². The summed E-state index contributed by atoms with van der Waals surface area (Å²) in [6.45, 7) is 3.66. The van der Waals surface area contributed by atoms with E-state index in [2.05, 4.69) is 41.5 Å². The second kappa shape index (κ2) is 7.25. The van der Waals surface area contributed by atoms with E-state index in [1.807, 2.05) is 36.4 Å². The summed E-state index contributed by atoms with van der Waals surface area (Å²) in [6.07, 6.45) is 3.46. The zero-order chi connectivity index (χ0) is 18.8. The molecule has 0 aliphatic carbocycles. The van der Waals surface area contributed by atoms with Crippen molar-refractivity contribution in [3.05, 3.63) is 101 Å². The first-order valence-corrected chi connectivity index (χ1v) is 9.03. The van der Waals surface area contributed by atoms with Crippen molar-refractivity contribution in [2.75, 3.05) is 0 Å². The largest absolute Gasteiger partial charge is 0.295 e. The van der Waals surface area contributed by atoms with Gasteiger partial charge in [-0.3, -0.25) is 20.1 Å². The topological polar surface area (TPSA) is 54.4 Å². The molecule has 2 aromatic carbocycles. The summed E-state index contributed by atoms with van der Waals surface area (Å²) in [6, 6.07) is 20.1. The van der Waals surface area contributed by atoms with Crippen LogP contribution in [0.4, 0.5) is 0 Å². The van der Waals surface area contributed by atoms with Crippen molar-refractivity contribution in [1.82, 2.24) is 10.3 Å². The highest BCUT2D eigenvalue weighted by Gasteiger charge is 2.30. The zero-order valence-electron chi connectivity index (χ0n) is 15.4. The van der Waals surface area contributed by atoms with Crippen LogP contribution in [0, 0.1) is 6.92 Å². The van der Waals surface area contributed by atoms with Crippen molar-refractivity contribution < 1.29 is 4.79 Å². The van der Waals surface area contributed by atoms with Crippen molar-refractivity contribution in [2.45, 2.75) is 26.1 Å². The SMILES string of the molecule is CC(=O)c1ccc(C2N=C(c3ccc(C)cc3)C(c3ccncc3)N2)cc1. The van der Waals surface area contributed by atoms with E-state index in [1.54, 1.807) is 19.3 Å². The number of ketones is 1. The minimum absolute atomic E-state index is 0.00631. The molecular weight excluding hydrogens is 334 g/mol. The van der Waals surface area contributed by atoms with Crippen molar-refractivity contribution in [3.63, 3.8) is 0 Å². The van der Waals surface area contributed by atoms with Gasteiger partial charge in [-0.2, -0.15) is 0 Å². The van der Waals surface area contributed by atoms with Crippen LogP contribution in [0.1, 0.15) is 51.7 Å². The van der Waals surface area contributed by atoms with Gasteiger partial charge >= 0.3 is 0 Å². The van der Waals surface area contributed by atoms with Gasteiger partial charge in [-0.25, -0.2) is 0 Å². The lowest BCUT2D eigenvalue weighted by molar-refractivity contribution is 0.101. The number of rotatable bonds is 4. The number of aryl methyl sites for hydroxylation is 1. The molecule has 4 nitrogen and oxygen atoms in total. The Labute approximate surface area is 159 Å². The van der Waals surface area contributed by atoms with Crippen molar-refractivity contribution >= 4 is 11.5 Å². The third-order valence-electron chi connectivity index (χ3n) is 4.89. The highest BCUT2D eigenvalue weighted by Crippen LogP contribution is 2.32. The third kappa shape index (κ3) is 3.57. The number of carbonyl (C=O) groups is 1. The lowest BCUT2D eigenvalue weighted by atomic mass is 9.97. The lowest BCUT2D eigenvalue weighted by Crippen LogP contribution is -2.24. The molecule has 0 saturated heterocycles. The lowest BCUT2D eigenvalue weighted by Gasteiger charge is -2.16. The van der Waals surface area contributed by atoms with E-state index in [0.717, 1.165) is 22.4 Å². The first-order valence-electron chi connectivity index (χ1n) is 9.03. The summed E-state index contributed by atoms with van der Waals surface area (Å²) in [5.74, 6) is 0.0689. The van der Waals surface area contributed by atoms with Gasteiger partial charge < -0.3 is 0 Å². The Bertz CT molecular complexity index is 976. The minimum atomic E-state index is -0.152. The molecule has 4 rings (SSSR count). The van der Waals surface area contributed by atoms with E-state index in [1.165, 1.54) is 5.56 Å². The molecule has 134 valence electrons. The van der Waals surface area contributed by atoms with E-state index >= 15 is 0 Å². The predicted octanol–water partition coefficient (Wildman–Crippen LogP) is 4.43. The van der Waals surface area contributed by atoms with E-state index in [4.69, 9.17) is 4.99 Å². The molecular formula is C23H21N3O.